The molecule has 0 radical (unpaired) electrons. The van der Waals surface area contributed by atoms with E-state index in [1.807, 2.05) is 0 Å². The predicted molar refractivity (Wildman–Crippen MR) is 69.0 cm³/mol. The maximum absolute atomic E-state index is 12.0. The van der Waals surface area contributed by atoms with Crippen molar-refractivity contribution in [3.05, 3.63) is 59.9 Å². The van der Waals surface area contributed by atoms with Gasteiger partial charge in [0.25, 0.3) is 0 Å². The minimum atomic E-state index is -3.69. The molecule has 0 bridgehead atoms. The maximum atomic E-state index is 12.0. The van der Waals surface area contributed by atoms with Crippen molar-refractivity contribution < 1.29 is 18.3 Å². The Morgan fingerprint density at radius 2 is 1.90 bits per heavy atom. The van der Waals surface area contributed by atoms with E-state index in [0.29, 0.717) is 0 Å². The summed E-state index contributed by atoms with van der Waals surface area (Å²) in [5.74, 6) is -1.35. The molecule has 0 aliphatic heterocycles. The molecule has 0 fully saturated rings. The number of nitrogens with zero attached hydrogens (tertiary/aromatic N) is 1. The van der Waals surface area contributed by atoms with Crippen LogP contribution in [-0.2, 0) is 16.6 Å². The molecule has 7 heteroatoms. The summed E-state index contributed by atoms with van der Waals surface area (Å²) in [6, 6.07) is 8.27. The first-order valence-electron chi connectivity index (χ1n) is 5.69. The van der Waals surface area contributed by atoms with Gasteiger partial charge >= 0.3 is 0 Å². The molecule has 0 saturated carbocycles. The van der Waals surface area contributed by atoms with Crippen molar-refractivity contribution in [2.45, 2.75) is 11.4 Å². The summed E-state index contributed by atoms with van der Waals surface area (Å²) in [5.41, 5.74) is 0.652. The summed E-state index contributed by atoms with van der Waals surface area (Å²) in [6.45, 7) is 0.110. The molecule has 0 atom stereocenters. The third-order valence-electron chi connectivity index (χ3n) is 2.59. The van der Waals surface area contributed by atoms with Crippen LogP contribution in [0.15, 0.2) is 53.7 Å². The third kappa shape index (κ3) is 3.40. The molecule has 0 unspecified atom stereocenters. The average Bonchev–Trinajstić information content (AvgIpc) is 2.46. The van der Waals surface area contributed by atoms with Gasteiger partial charge in [-0.2, -0.15) is 0 Å². The van der Waals surface area contributed by atoms with Crippen LogP contribution in [0.5, 0.6) is 0 Å². The van der Waals surface area contributed by atoms with Crippen LogP contribution in [0.3, 0.4) is 0 Å². The lowest BCUT2D eigenvalue weighted by Gasteiger charge is -2.08. The highest BCUT2D eigenvalue weighted by atomic mass is 32.2. The number of sulfonamides is 1. The highest BCUT2D eigenvalue weighted by molar-refractivity contribution is 7.89. The number of carboxylic acids is 1. The summed E-state index contributed by atoms with van der Waals surface area (Å²) in [7, 11) is -3.69. The molecule has 6 nitrogen and oxygen atoms in total. The number of aromatic carboxylic acids is 1. The molecule has 0 spiro atoms. The quantitative estimate of drug-likeness (QED) is 0.831. The molecule has 1 N–H and O–H groups in total. The molecule has 0 saturated heterocycles. The number of aromatic nitrogens is 1. The summed E-state index contributed by atoms with van der Waals surface area (Å²) in [6.07, 6.45) is 3.15. The fourth-order valence-corrected chi connectivity index (χ4v) is 2.55. The van der Waals surface area contributed by atoms with Gasteiger partial charge in [-0.1, -0.05) is 18.2 Å². The first-order valence-corrected chi connectivity index (χ1v) is 7.17. The molecule has 1 aromatic heterocycles. The van der Waals surface area contributed by atoms with Crippen molar-refractivity contribution in [2.75, 3.05) is 0 Å². The number of carboxylic acid groups (broad SMARTS) is 1. The van der Waals surface area contributed by atoms with E-state index in [1.54, 1.807) is 24.5 Å². The SMILES string of the molecule is O=C([O-])c1ccc(S(=O)(=O)NCc2cccnc2)cc1. The number of nitrogens with one attached hydrogen (secondary N) is 1. The Hall–Kier alpha value is -2.25. The van der Waals surface area contributed by atoms with Crippen LogP contribution >= 0.6 is 0 Å². The minimum Gasteiger partial charge on any atom is -0.545 e. The monoisotopic (exact) mass is 291 g/mol. The first-order chi connectivity index (χ1) is 9.49. The molecule has 2 aromatic rings. The number of hydrogen-bond donors (Lipinski definition) is 1. The van der Waals surface area contributed by atoms with E-state index < -0.39 is 16.0 Å². The number of benzene rings is 1. The minimum absolute atomic E-state index is 0.00797. The van der Waals surface area contributed by atoms with Gasteiger partial charge in [0.15, 0.2) is 0 Å². The fraction of sp³-hybridized carbons (Fsp3) is 0.0769. The summed E-state index contributed by atoms with van der Waals surface area (Å²) < 4.78 is 26.4. The first kappa shape index (κ1) is 14.2. The van der Waals surface area contributed by atoms with Crippen LogP contribution < -0.4 is 9.83 Å². The van der Waals surface area contributed by atoms with Gasteiger partial charge in [-0.3, -0.25) is 4.98 Å². The van der Waals surface area contributed by atoms with Gasteiger partial charge < -0.3 is 9.90 Å². The molecule has 1 heterocycles. The summed E-state index contributed by atoms with van der Waals surface area (Å²) in [4.78, 5) is 14.5. The van der Waals surface area contributed by atoms with Crippen molar-refractivity contribution in [1.82, 2.24) is 9.71 Å². The van der Waals surface area contributed by atoms with Gasteiger partial charge in [0.2, 0.25) is 10.0 Å². The number of hydrogen-bond acceptors (Lipinski definition) is 5. The Balaban J connectivity index is 2.12. The van der Waals surface area contributed by atoms with Crippen molar-refractivity contribution >= 4 is 16.0 Å². The fourth-order valence-electron chi connectivity index (χ4n) is 1.53. The zero-order chi connectivity index (χ0) is 14.6. The van der Waals surface area contributed by atoms with E-state index in [2.05, 4.69) is 9.71 Å². The second-order valence-corrected chi connectivity index (χ2v) is 5.76. The lowest BCUT2D eigenvalue weighted by molar-refractivity contribution is -0.255. The van der Waals surface area contributed by atoms with Gasteiger partial charge in [-0.25, -0.2) is 13.1 Å². The molecule has 0 amide bonds. The highest BCUT2D eigenvalue weighted by Gasteiger charge is 2.13. The van der Waals surface area contributed by atoms with E-state index >= 15 is 0 Å². The second kappa shape index (κ2) is 5.81. The van der Waals surface area contributed by atoms with E-state index in [4.69, 9.17) is 0 Å². The number of rotatable bonds is 5. The molecule has 1 aromatic carbocycles. The highest BCUT2D eigenvalue weighted by Crippen LogP contribution is 2.10. The Labute approximate surface area is 116 Å². The lowest BCUT2D eigenvalue weighted by Crippen LogP contribution is -2.24. The smallest absolute Gasteiger partial charge is 0.240 e. The van der Waals surface area contributed by atoms with Crippen LogP contribution in [0.4, 0.5) is 0 Å². The van der Waals surface area contributed by atoms with E-state index in [0.717, 1.165) is 5.56 Å². The van der Waals surface area contributed by atoms with E-state index in [-0.39, 0.29) is 17.0 Å². The van der Waals surface area contributed by atoms with Gasteiger partial charge in [0.1, 0.15) is 0 Å². The number of pyridine rings is 1. The van der Waals surface area contributed by atoms with Crippen LogP contribution in [0.25, 0.3) is 0 Å². The van der Waals surface area contributed by atoms with Gasteiger partial charge in [0, 0.05) is 18.9 Å². The lowest BCUT2D eigenvalue weighted by atomic mass is 10.2. The Morgan fingerprint density at radius 1 is 1.20 bits per heavy atom. The molecule has 20 heavy (non-hydrogen) atoms. The third-order valence-corrected chi connectivity index (χ3v) is 4.01. The van der Waals surface area contributed by atoms with Crippen LogP contribution in [0.2, 0.25) is 0 Å². The largest absolute Gasteiger partial charge is 0.545 e. The Bertz CT molecular complexity index is 697. The van der Waals surface area contributed by atoms with Crippen molar-refractivity contribution in [1.29, 1.82) is 0 Å². The van der Waals surface area contributed by atoms with Crippen molar-refractivity contribution in [3.63, 3.8) is 0 Å². The number of carbonyl (C=O) groups excluding carboxylic acids is 1. The number of carbonyl (C=O) groups is 1. The zero-order valence-corrected chi connectivity index (χ0v) is 11.1. The molecular weight excluding hydrogens is 280 g/mol. The summed E-state index contributed by atoms with van der Waals surface area (Å²) in [5, 5.41) is 10.6. The van der Waals surface area contributed by atoms with Crippen LogP contribution in [0, 0.1) is 0 Å². The van der Waals surface area contributed by atoms with E-state index in [9.17, 15) is 18.3 Å². The molecule has 0 aliphatic carbocycles. The maximum Gasteiger partial charge on any atom is 0.240 e. The normalized spacial score (nSPS) is 11.2. The van der Waals surface area contributed by atoms with E-state index in [1.165, 1.54) is 24.3 Å². The topological polar surface area (TPSA) is 99.2 Å². The van der Waals surface area contributed by atoms with Gasteiger partial charge in [-0.15, -0.1) is 0 Å². The van der Waals surface area contributed by atoms with Crippen molar-refractivity contribution in [3.8, 4) is 0 Å². The molecule has 0 aliphatic rings. The Kier molecular flexibility index (Phi) is 4.11. The predicted octanol–water partition coefficient (Wildman–Crippen LogP) is -0.0764. The second-order valence-electron chi connectivity index (χ2n) is 4.00. The van der Waals surface area contributed by atoms with Gasteiger partial charge in [0.05, 0.1) is 10.9 Å². The van der Waals surface area contributed by atoms with Crippen LogP contribution in [-0.4, -0.2) is 19.4 Å². The molecule has 2 rings (SSSR count). The molecular formula is C13H11N2O4S-. The standard InChI is InChI=1S/C13H12N2O4S/c16-13(17)11-3-5-12(6-4-11)20(18,19)15-9-10-2-1-7-14-8-10/h1-8,15H,9H2,(H,16,17)/p-1. The van der Waals surface area contributed by atoms with Crippen LogP contribution in [0.1, 0.15) is 15.9 Å². The zero-order valence-electron chi connectivity index (χ0n) is 10.3. The average molecular weight is 291 g/mol. The Morgan fingerprint density at radius 3 is 2.45 bits per heavy atom. The van der Waals surface area contributed by atoms with Gasteiger partial charge in [-0.05, 0) is 29.3 Å². The summed E-state index contributed by atoms with van der Waals surface area (Å²) >= 11 is 0. The molecule has 104 valence electrons. The van der Waals surface area contributed by atoms with Crippen molar-refractivity contribution in [2.24, 2.45) is 0 Å².